The molecule has 6 nitrogen and oxygen atoms in total. The normalized spacial score (nSPS) is 10.8. The molecule has 0 saturated heterocycles. The molecule has 3 rings (SSSR count). The molecule has 7 heteroatoms. The van der Waals surface area contributed by atoms with E-state index in [0.717, 1.165) is 6.07 Å². The summed E-state index contributed by atoms with van der Waals surface area (Å²) < 4.78 is 15.4. The van der Waals surface area contributed by atoms with Crippen LogP contribution in [0.1, 0.15) is 34.6 Å². The van der Waals surface area contributed by atoms with Crippen molar-refractivity contribution in [1.29, 1.82) is 0 Å². The van der Waals surface area contributed by atoms with E-state index >= 15 is 0 Å². The third-order valence-corrected chi connectivity index (χ3v) is 3.93. The molecule has 0 aliphatic heterocycles. The Morgan fingerprint density at radius 3 is 2.74 bits per heavy atom. The number of nitrogens with one attached hydrogen (secondary N) is 1. The van der Waals surface area contributed by atoms with E-state index in [1.807, 2.05) is 13.8 Å². The Balaban J connectivity index is 1.94. The van der Waals surface area contributed by atoms with E-state index < -0.39 is 11.6 Å². The van der Waals surface area contributed by atoms with Crippen LogP contribution < -0.4 is 5.32 Å². The first-order valence-electron chi connectivity index (χ1n) is 8.33. The zero-order valence-electron chi connectivity index (χ0n) is 14.8. The van der Waals surface area contributed by atoms with E-state index in [-0.39, 0.29) is 17.5 Å². The number of amides is 1. The number of aromatic nitrogens is 2. The number of aromatic hydroxyl groups is 1. The highest BCUT2D eigenvalue weighted by molar-refractivity contribution is 5.94. The first-order chi connectivity index (χ1) is 12.9. The van der Waals surface area contributed by atoms with Crippen molar-refractivity contribution in [3.63, 3.8) is 0 Å². The van der Waals surface area contributed by atoms with Crippen molar-refractivity contribution in [3.05, 3.63) is 65.7 Å². The standard InChI is InChI=1S/C20H18FN3O3/c1-12(2)23-20(27)13-4-3-5-17(7-13)24-10-16(9-22-24)14-6-15(11-25)19(26)18(21)8-14/h3-12,26H,1-2H3,(H,23,27). The van der Waals surface area contributed by atoms with Gasteiger partial charge >= 0.3 is 0 Å². The highest BCUT2D eigenvalue weighted by Gasteiger charge is 2.13. The fraction of sp³-hybridized carbons (Fsp3) is 0.150. The summed E-state index contributed by atoms with van der Waals surface area (Å²) in [5.74, 6) is -1.74. The molecule has 0 saturated carbocycles. The fourth-order valence-corrected chi connectivity index (χ4v) is 2.63. The average Bonchev–Trinajstić information content (AvgIpc) is 3.13. The predicted octanol–water partition coefficient (Wildman–Crippen LogP) is 3.33. The lowest BCUT2D eigenvalue weighted by Crippen LogP contribution is -2.30. The molecule has 3 aromatic rings. The summed E-state index contributed by atoms with van der Waals surface area (Å²) in [6.07, 6.45) is 3.56. The van der Waals surface area contributed by atoms with E-state index in [1.165, 1.54) is 12.3 Å². The van der Waals surface area contributed by atoms with Gasteiger partial charge in [0.25, 0.3) is 5.91 Å². The van der Waals surface area contributed by atoms with Crippen LogP contribution in [-0.2, 0) is 0 Å². The second kappa shape index (κ2) is 7.41. The number of carbonyl (C=O) groups is 2. The van der Waals surface area contributed by atoms with Gasteiger partial charge in [-0.25, -0.2) is 9.07 Å². The first kappa shape index (κ1) is 18.3. The summed E-state index contributed by atoms with van der Waals surface area (Å²) in [6, 6.07) is 9.48. The van der Waals surface area contributed by atoms with Crippen LogP contribution in [0.3, 0.4) is 0 Å². The van der Waals surface area contributed by atoms with Crippen LogP contribution in [0.5, 0.6) is 5.75 Å². The van der Waals surface area contributed by atoms with Crippen LogP contribution in [0.2, 0.25) is 0 Å². The molecule has 2 N–H and O–H groups in total. The molecule has 0 aliphatic carbocycles. The van der Waals surface area contributed by atoms with Crippen LogP contribution in [0.25, 0.3) is 16.8 Å². The summed E-state index contributed by atoms with van der Waals surface area (Å²) in [7, 11) is 0. The Labute approximate surface area is 155 Å². The monoisotopic (exact) mass is 367 g/mol. The number of hydrogen-bond acceptors (Lipinski definition) is 4. The second-order valence-electron chi connectivity index (χ2n) is 6.37. The molecule has 1 aromatic heterocycles. The van der Waals surface area contributed by atoms with Gasteiger partial charge in [-0.1, -0.05) is 6.07 Å². The molecule has 27 heavy (non-hydrogen) atoms. The molecule has 0 radical (unpaired) electrons. The molecule has 0 bridgehead atoms. The van der Waals surface area contributed by atoms with Gasteiger partial charge in [-0.2, -0.15) is 5.10 Å². The van der Waals surface area contributed by atoms with E-state index in [2.05, 4.69) is 10.4 Å². The Morgan fingerprint density at radius 2 is 2.04 bits per heavy atom. The molecule has 0 atom stereocenters. The van der Waals surface area contributed by atoms with Crippen LogP contribution >= 0.6 is 0 Å². The quantitative estimate of drug-likeness (QED) is 0.678. The molecular weight excluding hydrogens is 349 g/mol. The van der Waals surface area contributed by atoms with Crippen molar-refractivity contribution in [1.82, 2.24) is 15.1 Å². The highest BCUT2D eigenvalue weighted by Crippen LogP contribution is 2.28. The predicted molar refractivity (Wildman–Crippen MR) is 98.6 cm³/mol. The second-order valence-corrected chi connectivity index (χ2v) is 6.37. The summed E-state index contributed by atoms with van der Waals surface area (Å²) in [5.41, 5.74) is 2.00. The summed E-state index contributed by atoms with van der Waals surface area (Å²) >= 11 is 0. The summed E-state index contributed by atoms with van der Waals surface area (Å²) in [5, 5.41) is 16.6. The smallest absolute Gasteiger partial charge is 0.251 e. The van der Waals surface area contributed by atoms with Gasteiger partial charge in [0.05, 0.1) is 17.4 Å². The zero-order valence-corrected chi connectivity index (χ0v) is 14.8. The molecule has 2 aromatic carbocycles. The van der Waals surface area contributed by atoms with Gasteiger partial charge in [0.2, 0.25) is 0 Å². The van der Waals surface area contributed by atoms with Crippen LogP contribution in [-0.4, -0.2) is 33.1 Å². The van der Waals surface area contributed by atoms with E-state index in [0.29, 0.717) is 28.7 Å². The largest absolute Gasteiger partial charge is 0.504 e. The molecule has 0 spiro atoms. The van der Waals surface area contributed by atoms with E-state index in [4.69, 9.17) is 0 Å². The van der Waals surface area contributed by atoms with Gasteiger partial charge in [-0.15, -0.1) is 0 Å². The van der Waals surface area contributed by atoms with Crippen molar-refractivity contribution in [2.75, 3.05) is 0 Å². The lowest BCUT2D eigenvalue weighted by Gasteiger charge is -2.09. The van der Waals surface area contributed by atoms with Gasteiger partial charge in [0.1, 0.15) is 0 Å². The number of rotatable bonds is 5. The molecule has 0 aliphatic rings. The minimum Gasteiger partial charge on any atom is -0.504 e. The van der Waals surface area contributed by atoms with Crippen LogP contribution in [0.4, 0.5) is 4.39 Å². The number of carbonyl (C=O) groups excluding carboxylic acids is 2. The molecule has 1 amide bonds. The minimum absolute atomic E-state index is 0.0221. The lowest BCUT2D eigenvalue weighted by molar-refractivity contribution is 0.0942. The third kappa shape index (κ3) is 3.87. The Bertz CT molecular complexity index is 1010. The number of aldehydes is 1. The van der Waals surface area contributed by atoms with Gasteiger partial charge in [-0.05, 0) is 49.7 Å². The van der Waals surface area contributed by atoms with Gasteiger partial charge in [0, 0.05) is 23.4 Å². The van der Waals surface area contributed by atoms with Gasteiger partial charge < -0.3 is 10.4 Å². The van der Waals surface area contributed by atoms with E-state index in [9.17, 15) is 19.1 Å². The van der Waals surface area contributed by atoms with Crippen molar-refractivity contribution in [3.8, 4) is 22.6 Å². The molecule has 0 fully saturated rings. The number of phenolic OH excluding ortho intramolecular Hbond substituents is 1. The maximum atomic E-state index is 13.8. The summed E-state index contributed by atoms with van der Waals surface area (Å²) in [6.45, 7) is 3.76. The third-order valence-electron chi connectivity index (χ3n) is 3.93. The number of nitrogens with zero attached hydrogens (tertiary/aromatic N) is 2. The molecule has 138 valence electrons. The van der Waals surface area contributed by atoms with Crippen molar-refractivity contribution in [2.45, 2.75) is 19.9 Å². The number of hydrogen-bond donors (Lipinski definition) is 2. The Hall–Kier alpha value is -3.48. The van der Waals surface area contributed by atoms with Gasteiger partial charge in [0.15, 0.2) is 17.9 Å². The Kier molecular flexibility index (Phi) is 5.03. The minimum atomic E-state index is -0.880. The number of phenols is 1. The van der Waals surface area contributed by atoms with E-state index in [1.54, 1.807) is 35.1 Å². The maximum Gasteiger partial charge on any atom is 0.251 e. The zero-order chi connectivity index (χ0) is 19.6. The molecule has 0 unspecified atom stereocenters. The van der Waals surface area contributed by atoms with Crippen molar-refractivity contribution < 1.29 is 19.1 Å². The van der Waals surface area contributed by atoms with Gasteiger partial charge in [-0.3, -0.25) is 9.59 Å². The van der Waals surface area contributed by atoms with Crippen LogP contribution in [0.15, 0.2) is 48.8 Å². The topological polar surface area (TPSA) is 84.2 Å². The fourth-order valence-electron chi connectivity index (χ4n) is 2.63. The van der Waals surface area contributed by atoms with Crippen molar-refractivity contribution >= 4 is 12.2 Å². The Morgan fingerprint density at radius 1 is 1.26 bits per heavy atom. The maximum absolute atomic E-state index is 13.8. The number of benzene rings is 2. The summed E-state index contributed by atoms with van der Waals surface area (Å²) in [4.78, 5) is 23.1. The molecule has 1 heterocycles. The molecular formula is C20H18FN3O3. The highest BCUT2D eigenvalue weighted by atomic mass is 19.1. The first-order valence-corrected chi connectivity index (χ1v) is 8.33. The number of halogens is 1. The van der Waals surface area contributed by atoms with Crippen LogP contribution in [0, 0.1) is 5.82 Å². The lowest BCUT2D eigenvalue weighted by atomic mass is 10.1. The SMILES string of the molecule is CC(C)NC(=O)c1cccc(-n2cc(-c3cc(F)c(O)c(C=O)c3)cn2)c1. The average molecular weight is 367 g/mol. The van der Waals surface area contributed by atoms with Crippen molar-refractivity contribution in [2.24, 2.45) is 0 Å².